The topological polar surface area (TPSA) is 32.7 Å². The Morgan fingerprint density at radius 1 is 1.47 bits per heavy atom. The molecule has 1 aliphatic heterocycles. The maximum atomic E-state index is 9.83. The maximum absolute atomic E-state index is 9.83. The molecule has 1 heterocycles. The number of aliphatic hydroxyl groups is 1. The minimum Gasteiger partial charge on any atom is -0.389 e. The molecule has 1 atom stereocenters. The van der Waals surface area contributed by atoms with Gasteiger partial charge in [0.2, 0.25) is 0 Å². The lowest BCUT2D eigenvalue weighted by atomic mass is 9.78. The quantitative estimate of drug-likeness (QED) is 0.752. The van der Waals surface area contributed by atoms with E-state index in [1.807, 2.05) is 13.8 Å². The molecule has 2 aliphatic rings. The molecule has 2 rings (SSSR count). The van der Waals surface area contributed by atoms with Gasteiger partial charge in [-0.1, -0.05) is 0 Å². The highest BCUT2D eigenvalue weighted by Crippen LogP contribution is 2.39. The van der Waals surface area contributed by atoms with Crippen LogP contribution >= 0.6 is 0 Å². The predicted octanol–water partition coefficient (Wildman–Crippen LogP) is 1.40. The zero-order valence-corrected chi connectivity index (χ0v) is 10.1. The summed E-state index contributed by atoms with van der Waals surface area (Å²) in [7, 11) is 0. The third-order valence-electron chi connectivity index (χ3n) is 3.35. The van der Waals surface area contributed by atoms with Crippen molar-refractivity contribution in [3.63, 3.8) is 0 Å². The van der Waals surface area contributed by atoms with Crippen LogP contribution in [-0.2, 0) is 4.74 Å². The second-order valence-corrected chi connectivity index (χ2v) is 5.95. The predicted molar refractivity (Wildman–Crippen MR) is 59.9 cm³/mol. The standard InChI is InChI=1S/C12H23NO2/c1-10-7-13(8-11(2,3)14)9-12(15-10)5-4-6-12/h10,14H,4-9H2,1-3H3. The van der Waals surface area contributed by atoms with Crippen LogP contribution in [0.1, 0.15) is 40.0 Å². The molecule has 2 fully saturated rings. The first-order valence-electron chi connectivity index (χ1n) is 6.01. The molecule has 1 unspecified atom stereocenters. The van der Waals surface area contributed by atoms with Crippen LogP contribution in [0, 0.1) is 0 Å². The van der Waals surface area contributed by atoms with Crippen molar-refractivity contribution < 1.29 is 9.84 Å². The summed E-state index contributed by atoms with van der Waals surface area (Å²) in [6.45, 7) is 8.59. The number of morpholine rings is 1. The van der Waals surface area contributed by atoms with Gasteiger partial charge in [-0.3, -0.25) is 4.90 Å². The zero-order valence-electron chi connectivity index (χ0n) is 10.1. The van der Waals surface area contributed by atoms with Crippen LogP contribution in [0.3, 0.4) is 0 Å². The normalized spacial score (nSPS) is 31.6. The van der Waals surface area contributed by atoms with Gasteiger partial charge in [0.15, 0.2) is 0 Å². The van der Waals surface area contributed by atoms with E-state index in [0.717, 1.165) is 19.6 Å². The Morgan fingerprint density at radius 3 is 2.60 bits per heavy atom. The highest BCUT2D eigenvalue weighted by molar-refractivity contribution is 4.97. The second-order valence-electron chi connectivity index (χ2n) is 5.95. The average Bonchev–Trinajstić information content (AvgIpc) is 1.96. The fourth-order valence-electron chi connectivity index (χ4n) is 2.85. The van der Waals surface area contributed by atoms with Crippen molar-refractivity contribution in [2.45, 2.75) is 57.3 Å². The molecule has 0 radical (unpaired) electrons. The highest BCUT2D eigenvalue weighted by Gasteiger charge is 2.44. The fourth-order valence-corrected chi connectivity index (χ4v) is 2.85. The van der Waals surface area contributed by atoms with E-state index in [9.17, 15) is 5.11 Å². The molecule has 1 N–H and O–H groups in total. The summed E-state index contributed by atoms with van der Waals surface area (Å²) >= 11 is 0. The average molecular weight is 213 g/mol. The lowest BCUT2D eigenvalue weighted by Crippen LogP contribution is -2.60. The van der Waals surface area contributed by atoms with E-state index >= 15 is 0 Å². The summed E-state index contributed by atoms with van der Waals surface area (Å²) in [5.41, 5.74) is -0.467. The minimum absolute atomic E-state index is 0.128. The van der Waals surface area contributed by atoms with Gasteiger partial charge in [-0.2, -0.15) is 0 Å². The van der Waals surface area contributed by atoms with Crippen molar-refractivity contribution in [2.75, 3.05) is 19.6 Å². The third-order valence-corrected chi connectivity index (χ3v) is 3.35. The molecule has 1 spiro atoms. The maximum Gasteiger partial charge on any atom is 0.0813 e. The van der Waals surface area contributed by atoms with Gasteiger partial charge in [-0.05, 0) is 40.0 Å². The van der Waals surface area contributed by atoms with E-state index in [2.05, 4.69) is 11.8 Å². The summed E-state index contributed by atoms with van der Waals surface area (Å²) in [5, 5.41) is 9.83. The number of hydrogen-bond donors (Lipinski definition) is 1. The smallest absolute Gasteiger partial charge is 0.0813 e. The monoisotopic (exact) mass is 213 g/mol. The number of β-amino-alcohol motifs (C(OH)–C–C–N with tert-alkyl or cyclic N) is 1. The van der Waals surface area contributed by atoms with Crippen molar-refractivity contribution in [3.05, 3.63) is 0 Å². The van der Waals surface area contributed by atoms with Crippen LogP contribution in [-0.4, -0.2) is 46.9 Å². The van der Waals surface area contributed by atoms with Crippen LogP contribution in [0.25, 0.3) is 0 Å². The Bertz CT molecular complexity index is 230. The Labute approximate surface area is 92.4 Å². The molecule has 0 amide bonds. The Morgan fingerprint density at radius 2 is 2.13 bits per heavy atom. The summed E-state index contributed by atoms with van der Waals surface area (Å²) in [6, 6.07) is 0. The van der Waals surface area contributed by atoms with Crippen LogP contribution in [0.5, 0.6) is 0 Å². The van der Waals surface area contributed by atoms with E-state index in [0.29, 0.717) is 6.10 Å². The largest absolute Gasteiger partial charge is 0.389 e. The van der Waals surface area contributed by atoms with E-state index in [-0.39, 0.29) is 5.60 Å². The van der Waals surface area contributed by atoms with Gasteiger partial charge < -0.3 is 9.84 Å². The van der Waals surface area contributed by atoms with Gasteiger partial charge in [0.05, 0.1) is 17.3 Å². The first kappa shape index (κ1) is 11.4. The summed E-state index contributed by atoms with van der Waals surface area (Å²) < 4.78 is 6.03. The molecular weight excluding hydrogens is 190 g/mol. The summed E-state index contributed by atoms with van der Waals surface area (Å²) in [5.74, 6) is 0. The molecule has 88 valence electrons. The van der Waals surface area contributed by atoms with Gasteiger partial charge in [0.25, 0.3) is 0 Å². The van der Waals surface area contributed by atoms with Crippen LogP contribution in [0.2, 0.25) is 0 Å². The van der Waals surface area contributed by atoms with E-state index < -0.39 is 5.60 Å². The molecule has 1 saturated heterocycles. The van der Waals surface area contributed by atoms with Crippen molar-refractivity contribution in [1.82, 2.24) is 4.90 Å². The molecule has 0 aromatic heterocycles. The summed E-state index contributed by atoms with van der Waals surface area (Å²) in [4.78, 5) is 2.35. The molecule has 0 bridgehead atoms. The lowest BCUT2D eigenvalue weighted by molar-refractivity contribution is -0.190. The Kier molecular flexibility index (Phi) is 2.82. The number of nitrogens with zero attached hydrogens (tertiary/aromatic N) is 1. The number of rotatable bonds is 2. The van der Waals surface area contributed by atoms with Gasteiger partial charge >= 0.3 is 0 Å². The fraction of sp³-hybridized carbons (Fsp3) is 1.00. The van der Waals surface area contributed by atoms with Gasteiger partial charge in [0.1, 0.15) is 0 Å². The second kappa shape index (κ2) is 3.72. The molecule has 0 aromatic rings. The zero-order chi connectivity index (χ0) is 11.1. The van der Waals surface area contributed by atoms with Crippen molar-refractivity contribution >= 4 is 0 Å². The van der Waals surface area contributed by atoms with Crippen LogP contribution in [0.4, 0.5) is 0 Å². The highest BCUT2D eigenvalue weighted by atomic mass is 16.5. The Hall–Kier alpha value is -0.120. The molecule has 0 aromatic carbocycles. The SMILES string of the molecule is CC1CN(CC(C)(C)O)CC2(CCC2)O1. The van der Waals surface area contributed by atoms with Gasteiger partial charge in [-0.15, -0.1) is 0 Å². The van der Waals surface area contributed by atoms with Gasteiger partial charge in [-0.25, -0.2) is 0 Å². The molecule has 3 nitrogen and oxygen atoms in total. The third kappa shape index (κ3) is 2.71. The van der Waals surface area contributed by atoms with Crippen molar-refractivity contribution in [1.29, 1.82) is 0 Å². The Balaban J connectivity index is 1.95. The van der Waals surface area contributed by atoms with E-state index in [1.165, 1.54) is 19.3 Å². The van der Waals surface area contributed by atoms with Crippen LogP contribution < -0.4 is 0 Å². The first-order valence-corrected chi connectivity index (χ1v) is 6.01. The van der Waals surface area contributed by atoms with E-state index in [4.69, 9.17) is 4.74 Å². The van der Waals surface area contributed by atoms with Crippen molar-refractivity contribution in [3.8, 4) is 0 Å². The molecule has 3 heteroatoms. The molecule has 15 heavy (non-hydrogen) atoms. The number of hydrogen-bond acceptors (Lipinski definition) is 3. The molecule has 1 aliphatic carbocycles. The minimum atomic E-state index is -0.595. The van der Waals surface area contributed by atoms with Gasteiger partial charge in [0, 0.05) is 19.6 Å². The lowest BCUT2D eigenvalue weighted by Gasteiger charge is -2.51. The first-order chi connectivity index (χ1) is 6.89. The van der Waals surface area contributed by atoms with Crippen molar-refractivity contribution in [2.24, 2.45) is 0 Å². The van der Waals surface area contributed by atoms with E-state index in [1.54, 1.807) is 0 Å². The molecule has 1 saturated carbocycles. The summed E-state index contributed by atoms with van der Waals surface area (Å²) in [6.07, 6.45) is 3.99. The van der Waals surface area contributed by atoms with Crippen LogP contribution in [0.15, 0.2) is 0 Å². The molecular formula is C12H23NO2. The number of ether oxygens (including phenoxy) is 1.